The Labute approximate surface area is 127 Å². The number of hydrogen-bond acceptors (Lipinski definition) is 6. The normalized spacial score (nSPS) is 36.0. The third-order valence-corrected chi connectivity index (χ3v) is 8.58. The molecule has 0 amide bonds. The van der Waals surface area contributed by atoms with Crippen LogP contribution >= 0.6 is 0 Å². The number of rotatable bonds is 4. The van der Waals surface area contributed by atoms with Crippen molar-refractivity contribution in [1.82, 2.24) is 0 Å². The van der Waals surface area contributed by atoms with Crippen LogP contribution in [-0.4, -0.2) is 50.4 Å². The van der Waals surface area contributed by atoms with Gasteiger partial charge >= 0.3 is 0 Å². The van der Waals surface area contributed by atoms with E-state index in [1.54, 1.807) is 0 Å². The number of hydrogen-bond donors (Lipinski definition) is 1. The van der Waals surface area contributed by atoms with E-state index >= 15 is 0 Å². The Kier molecular flexibility index (Phi) is 4.59. The molecular weight excluding hydrogens is 292 g/mol. The molecule has 0 aromatic heterocycles. The van der Waals surface area contributed by atoms with E-state index < -0.39 is 32.6 Å². The average Bonchev–Trinajstić information content (AvgIpc) is 2.74. The first-order valence-corrected chi connectivity index (χ1v) is 10.3. The number of aliphatic hydroxyl groups is 1. The van der Waals surface area contributed by atoms with Gasteiger partial charge in [-0.3, -0.25) is 4.58 Å². The van der Waals surface area contributed by atoms with E-state index in [9.17, 15) is 5.11 Å². The highest BCUT2D eigenvalue weighted by Gasteiger charge is 2.55. The minimum Gasteiger partial charge on any atom is -0.366 e. The van der Waals surface area contributed by atoms with Crippen molar-refractivity contribution in [3.63, 3.8) is 0 Å². The maximum absolute atomic E-state index is 9.88. The maximum atomic E-state index is 9.88. The van der Waals surface area contributed by atoms with Crippen molar-refractivity contribution in [2.24, 2.45) is 0 Å². The largest absolute Gasteiger partial charge is 0.366 e. The predicted octanol–water partition coefficient (Wildman–Crippen LogP) is 2.18. The van der Waals surface area contributed by atoms with E-state index in [4.69, 9.17) is 23.7 Å². The molecule has 7 heteroatoms. The summed E-state index contributed by atoms with van der Waals surface area (Å²) in [7, 11) is -1.97. The van der Waals surface area contributed by atoms with E-state index in [1.807, 2.05) is 13.8 Å². The van der Waals surface area contributed by atoms with Crippen LogP contribution < -0.4 is 0 Å². The van der Waals surface area contributed by atoms with Gasteiger partial charge in [0.05, 0.1) is 0 Å². The van der Waals surface area contributed by atoms with Gasteiger partial charge in [0.1, 0.15) is 24.9 Å². The van der Waals surface area contributed by atoms with E-state index in [2.05, 4.69) is 33.9 Å². The van der Waals surface area contributed by atoms with Crippen molar-refractivity contribution in [1.29, 1.82) is 0 Å². The van der Waals surface area contributed by atoms with Crippen LogP contribution in [-0.2, 0) is 23.7 Å². The first-order chi connectivity index (χ1) is 9.43. The zero-order valence-corrected chi connectivity index (χ0v) is 15.0. The Balaban J connectivity index is 1.87. The van der Waals surface area contributed by atoms with Crippen LogP contribution in [0, 0.1) is 0 Å². The lowest BCUT2D eigenvalue weighted by Crippen LogP contribution is -2.42. The van der Waals surface area contributed by atoms with Crippen molar-refractivity contribution < 1.29 is 28.8 Å². The van der Waals surface area contributed by atoms with E-state index in [-0.39, 0.29) is 17.7 Å². The van der Waals surface area contributed by atoms with Gasteiger partial charge < -0.3 is 19.3 Å². The van der Waals surface area contributed by atoms with Gasteiger partial charge in [0.15, 0.2) is 12.1 Å². The quantitative estimate of drug-likeness (QED) is 0.486. The van der Waals surface area contributed by atoms with Crippen LogP contribution in [0.3, 0.4) is 0 Å². The van der Waals surface area contributed by atoms with Crippen molar-refractivity contribution >= 4 is 8.32 Å². The molecule has 0 spiro atoms. The molecule has 6 nitrogen and oxygen atoms in total. The molecule has 2 aliphatic rings. The summed E-state index contributed by atoms with van der Waals surface area (Å²) in [5.74, 6) is -0.710. The first-order valence-electron chi connectivity index (χ1n) is 7.43. The monoisotopic (exact) mass is 320 g/mol. The molecule has 1 N–H and O–H groups in total. The van der Waals surface area contributed by atoms with Gasteiger partial charge in [0.25, 0.3) is 0 Å². The standard InChI is InChI=1S/C14H28O6Si/c1-13(2,3)21(6,7)20-16-8-9-10-11(12(15)17-9)19-14(4,5)18-10/h9-12,15H,8H2,1-7H3/t9-,10-,11-,12?/m1/s1. The molecule has 0 radical (unpaired) electrons. The molecule has 4 atom stereocenters. The molecule has 0 aromatic carbocycles. The lowest BCUT2D eigenvalue weighted by molar-refractivity contribution is -0.268. The zero-order chi connectivity index (χ0) is 16.1. The summed E-state index contributed by atoms with van der Waals surface area (Å²) in [5.41, 5.74) is 0. The minimum atomic E-state index is -1.97. The Hall–Kier alpha value is -0.0231. The lowest BCUT2D eigenvalue weighted by Gasteiger charge is -2.34. The maximum Gasteiger partial charge on any atom is 0.238 e. The molecule has 1 unspecified atom stereocenters. The molecule has 2 saturated heterocycles. The van der Waals surface area contributed by atoms with E-state index in [0.29, 0.717) is 0 Å². The summed E-state index contributed by atoms with van der Waals surface area (Å²) in [6.45, 7) is 14.5. The Morgan fingerprint density at radius 2 is 1.71 bits per heavy atom. The molecule has 124 valence electrons. The highest BCUT2D eigenvalue weighted by atomic mass is 28.4. The van der Waals surface area contributed by atoms with Crippen LogP contribution in [0.1, 0.15) is 34.6 Å². The molecule has 0 aliphatic carbocycles. The third kappa shape index (κ3) is 3.66. The van der Waals surface area contributed by atoms with Crippen LogP contribution in [0.2, 0.25) is 18.1 Å². The van der Waals surface area contributed by atoms with Crippen molar-refractivity contribution in [3.05, 3.63) is 0 Å². The fourth-order valence-electron chi connectivity index (χ4n) is 2.17. The molecule has 2 rings (SSSR count). The summed E-state index contributed by atoms with van der Waals surface area (Å²) < 4.78 is 22.5. The molecule has 0 bridgehead atoms. The summed E-state index contributed by atoms with van der Waals surface area (Å²) in [5, 5.41) is 9.95. The summed E-state index contributed by atoms with van der Waals surface area (Å²) in [6.07, 6.45) is -2.19. The molecule has 0 aromatic rings. The van der Waals surface area contributed by atoms with E-state index in [1.165, 1.54) is 0 Å². The molecule has 21 heavy (non-hydrogen) atoms. The zero-order valence-electron chi connectivity index (χ0n) is 14.0. The highest BCUT2D eigenvalue weighted by Crippen LogP contribution is 2.39. The van der Waals surface area contributed by atoms with Crippen LogP contribution in [0.15, 0.2) is 0 Å². The van der Waals surface area contributed by atoms with Gasteiger partial charge in [0, 0.05) is 0 Å². The summed E-state index contributed by atoms with van der Waals surface area (Å²) in [6, 6.07) is 0. The average molecular weight is 320 g/mol. The fraction of sp³-hybridized carbons (Fsp3) is 1.00. The van der Waals surface area contributed by atoms with Crippen molar-refractivity contribution in [2.45, 2.75) is 83.1 Å². The first kappa shape index (κ1) is 17.3. The molecule has 2 aliphatic heterocycles. The third-order valence-electron chi connectivity index (χ3n) is 4.43. The Morgan fingerprint density at radius 3 is 2.29 bits per heavy atom. The Morgan fingerprint density at radius 1 is 1.14 bits per heavy atom. The van der Waals surface area contributed by atoms with Crippen LogP contribution in [0.4, 0.5) is 0 Å². The second-order valence-corrected chi connectivity index (χ2v) is 12.4. The smallest absolute Gasteiger partial charge is 0.238 e. The number of ether oxygens (including phenoxy) is 3. The van der Waals surface area contributed by atoms with Gasteiger partial charge in [-0.15, -0.1) is 0 Å². The molecule has 2 heterocycles. The Bertz CT molecular complexity index is 378. The molecular formula is C14H28O6Si. The SMILES string of the molecule is CC1(C)O[C@@H]2[C@@H](COO[Si](C)(C)C(C)(C)C)OC(O)[C@@H]2O1. The van der Waals surface area contributed by atoms with Crippen LogP contribution in [0.5, 0.6) is 0 Å². The number of fused-ring (bicyclic) bond motifs is 1. The van der Waals surface area contributed by atoms with Crippen molar-refractivity contribution in [2.75, 3.05) is 6.61 Å². The summed E-state index contributed by atoms with van der Waals surface area (Å²) >= 11 is 0. The van der Waals surface area contributed by atoms with Crippen LogP contribution in [0.25, 0.3) is 0 Å². The van der Waals surface area contributed by atoms with Gasteiger partial charge in [-0.2, -0.15) is 0 Å². The summed E-state index contributed by atoms with van der Waals surface area (Å²) in [4.78, 5) is 5.42. The minimum absolute atomic E-state index is 0.0700. The van der Waals surface area contributed by atoms with Gasteiger partial charge in [-0.25, -0.2) is 4.89 Å². The second-order valence-electron chi connectivity index (χ2n) is 7.76. The van der Waals surface area contributed by atoms with Gasteiger partial charge in [-0.1, -0.05) is 20.8 Å². The lowest BCUT2D eigenvalue weighted by atomic mass is 10.1. The molecule has 0 saturated carbocycles. The molecule has 2 fully saturated rings. The second kappa shape index (κ2) is 5.56. The fourth-order valence-corrected chi connectivity index (χ4v) is 2.78. The predicted molar refractivity (Wildman–Crippen MR) is 78.9 cm³/mol. The topological polar surface area (TPSA) is 66.4 Å². The number of aliphatic hydroxyl groups excluding tert-OH is 1. The van der Waals surface area contributed by atoms with Crippen molar-refractivity contribution in [3.8, 4) is 0 Å². The highest BCUT2D eigenvalue weighted by molar-refractivity contribution is 6.73. The van der Waals surface area contributed by atoms with E-state index in [0.717, 1.165) is 0 Å². The van der Waals surface area contributed by atoms with Gasteiger partial charge in [-0.05, 0) is 32.0 Å². The van der Waals surface area contributed by atoms with Gasteiger partial charge in [0.2, 0.25) is 8.32 Å².